The average molecular weight is 281 g/mol. The minimum absolute atomic E-state index is 0.0812. The van der Waals surface area contributed by atoms with Gasteiger partial charge in [-0.25, -0.2) is 0 Å². The first kappa shape index (κ1) is 15.8. The van der Waals surface area contributed by atoms with Crippen LogP contribution in [0.3, 0.4) is 0 Å². The van der Waals surface area contributed by atoms with Gasteiger partial charge in [0.15, 0.2) is 0 Å². The van der Waals surface area contributed by atoms with Gasteiger partial charge in [0.2, 0.25) is 5.91 Å². The Kier molecular flexibility index (Phi) is 6.30. The van der Waals surface area contributed by atoms with Crippen LogP contribution in [-0.4, -0.2) is 61.0 Å². The smallest absolute Gasteiger partial charge is 0.239 e. The van der Waals surface area contributed by atoms with Crippen molar-refractivity contribution in [2.45, 2.75) is 52.0 Å². The Morgan fingerprint density at radius 3 is 2.45 bits per heavy atom. The highest BCUT2D eigenvalue weighted by molar-refractivity contribution is 5.81. The molecule has 1 amide bonds. The first-order valence-corrected chi connectivity index (χ1v) is 8.46. The number of rotatable bonds is 6. The maximum atomic E-state index is 12.4. The second-order valence-corrected chi connectivity index (χ2v) is 6.39. The fraction of sp³-hybridized carbons (Fsp3) is 0.938. The fourth-order valence-electron chi connectivity index (χ4n) is 3.39. The van der Waals surface area contributed by atoms with Crippen molar-refractivity contribution in [1.82, 2.24) is 15.1 Å². The maximum Gasteiger partial charge on any atom is 0.239 e. The number of piperidine rings is 1. The highest BCUT2D eigenvalue weighted by Gasteiger charge is 2.30. The molecule has 0 aromatic rings. The topological polar surface area (TPSA) is 35.6 Å². The lowest BCUT2D eigenvalue weighted by Crippen LogP contribution is -2.49. The van der Waals surface area contributed by atoms with Crippen LogP contribution in [0, 0.1) is 5.92 Å². The van der Waals surface area contributed by atoms with Crippen molar-refractivity contribution < 1.29 is 4.79 Å². The zero-order valence-electron chi connectivity index (χ0n) is 13.2. The van der Waals surface area contributed by atoms with Gasteiger partial charge < -0.3 is 10.2 Å². The number of hydrogen-bond donors (Lipinski definition) is 1. The highest BCUT2D eigenvalue weighted by Crippen LogP contribution is 2.20. The summed E-state index contributed by atoms with van der Waals surface area (Å²) in [5, 5.41) is 3.52. The van der Waals surface area contributed by atoms with Crippen LogP contribution in [0.5, 0.6) is 0 Å². The van der Waals surface area contributed by atoms with Crippen LogP contribution in [0.15, 0.2) is 0 Å². The van der Waals surface area contributed by atoms with E-state index in [1.165, 1.54) is 32.1 Å². The van der Waals surface area contributed by atoms with Gasteiger partial charge in [0.05, 0.1) is 6.04 Å². The first-order valence-electron chi connectivity index (χ1n) is 8.46. The predicted molar refractivity (Wildman–Crippen MR) is 82.7 cm³/mol. The average Bonchev–Trinajstić information content (AvgIpc) is 3.01. The van der Waals surface area contributed by atoms with Gasteiger partial charge in [0, 0.05) is 13.1 Å². The van der Waals surface area contributed by atoms with Gasteiger partial charge in [-0.15, -0.1) is 0 Å². The van der Waals surface area contributed by atoms with Gasteiger partial charge in [-0.2, -0.15) is 0 Å². The third kappa shape index (κ3) is 4.19. The molecule has 0 aliphatic carbocycles. The van der Waals surface area contributed by atoms with E-state index in [4.69, 9.17) is 0 Å². The Bertz CT molecular complexity index is 294. The zero-order chi connectivity index (χ0) is 14.4. The summed E-state index contributed by atoms with van der Waals surface area (Å²) in [5.74, 6) is 1.15. The molecule has 0 aromatic heterocycles. The van der Waals surface area contributed by atoms with Crippen molar-refractivity contribution >= 4 is 5.91 Å². The summed E-state index contributed by atoms with van der Waals surface area (Å²) < 4.78 is 0. The van der Waals surface area contributed by atoms with E-state index in [9.17, 15) is 4.79 Å². The summed E-state index contributed by atoms with van der Waals surface area (Å²) in [4.78, 5) is 16.8. The zero-order valence-corrected chi connectivity index (χ0v) is 13.2. The summed E-state index contributed by atoms with van der Waals surface area (Å²) in [6, 6.07) is 0.0812. The van der Waals surface area contributed by atoms with E-state index in [2.05, 4.69) is 29.0 Å². The Labute approximate surface area is 123 Å². The highest BCUT2D eigenvalue weighted by atomic mass is 16.2. The number of carbonyl (C=O) groups is 1. The van der Waals surface area contributed by atoms with Crippen molar-refractivity contribution in [2.75, 3.05) is 39.3 Å². The molecule has 0 saturated carbocycles. The number of hydrogen-bond acceptors (Lipinski definition) is 3. The van der Waals surface area contributed by atoms with Crippen molar-refractivity contribution in [1.29, 1.82) is 0 Å². The molecule has 0 bridgehead atoms. The van der Waals surface area contributed by atoms with Crippen LogP contribution in [0.4, 0.5) is 0 Å². The molecule has 2 aliphatic rings. The third-order valence-corrected chi connectivity index (χ3v) is 4.83. The molecule has 4 heteroatoms. The molecular formula is C16H31N3O. The molecular weight excluding hydrogens is 250 g/mol. The molecule has 1 atom stereocenters. The lowest BCUT2D eigenvalue weighted by Gasteiger charge is -2.36. The van der Waals surface area contributed by atoms with E-state index in [0.29, 0.717) is 5.91 Å². The van der Waals surface area contributed by atoms with E-state index < -0.39 is 0 Å². The molecule has 2 fully saturated rings. The second-order valence-electron chi connectivity index (χ2n) is 6.39. The van der Waals surface area contributed by atoms with E-state index >= 15 is 0 Å². The first-order chi connectivity index (χ1) is 9.72. The monoisotopic (exact) mass is 281 g/mol. The number of likely N-dealkylation sites (tertiary alicyclic amines) is 2. The van der Waals surface area contributed by atoms with Gasteiger partial charge in [-0.3, -0.25) is 9.69 Å². The van der Waals surface area contributed by atoms with E-state index in [-0.39, 0.29) is 6.04 Å². The third-order valence-electron chi connectivity index (χ3n) is 4.83. The Morgan fingerprint density at radius 1 is 1.20 bits per heavy atom. The van der Waals surface area contributed by atoms with Gasteiger partial charge in [0.1, 0.15) is 0 Å². The summed E-state index contributed by atoms with van der Waals surface area (Å²) >= 11 is 0. The fourth-order valence-corrected chi connectivity index (χ4v) is 3.39. The Balaban J connectivity index is 1.71. The Hall–Kier alpha value is -0.610. The molecule has 1 unspecified atom stereocenters. The molecule has 2 rings (SSSR count). The van der Waals surface area contributed by atoms with Gasteiger partial charge >= 0.3 is 0 Å². The molecule has 0 spiro atoms. The summed E-state index contributed by atoms with van der Waals surface area (Å²) in [5.41, 5.74) is 0. The molecule has 2 aliphatic heterocycles. The van der Waals surface area contributed by atoms with Crippen molar-refractivity contribution in [3.63, 3.8) is 0 Å². The van der Waals surface area contributed by atoms with E-state index in [1.807, 2.05) is 0 Å². The minimum Gasteiger partial charge on any atom is -0.341 e. The van der Waals surface area contributed by atoms with Crippen LogP contribution in [0.2, 0.25) is 0 Å². The summed E-state index contributed by atoms with van der Waals surface area (Å²) in [7, 11) is 0. The largest absolute Gasteiger partial charge is 0.341 e. The van der Waals surface area contributed by atoms with Crippen LogP contribution in [-0.2, 0) is 4.79 Å². The van der Waals surface area contributed by atoms with Crippen molar-refractivity contribution in [3.8, 4) is 0 Å². The van der Waals surface area contributed by atoms with E-state index in [0.717, 1.165) is 45.2 Å². The lowest BCUT2D eigenvalue weighted by molar-refractivity contribution is -0.135. The van der Waals surface area contributed by atoms with Crippen LogP contribution in [0.25, 0.3) is 0 Å². The van der Waals surface area contributed by atoms with Gasteiger partial charge in [-0.1, -0.05) is 6.92 Å². The molecule has 2 heterocycles. The molecule has 20 heavy (non-hydrogen) atoms. The molecule has 1 N–H and O–H groups in total. The SMILES string of the molecule is CCCNCC1CCN(C(C)C(=O)N2CCCC2)CC1. The van der Waals surface area contributed by atoms with Crippen LogP contribution in [0.1, 0.15) is 46.0 Å². The summed E-state index contributed by atoms with van der Waals surface area (Å²) in [6.45, 7) is 10.7. The quantitative estimate of drug-likeness (QED) is 0.753. The number of amides is 1. The number of carbonyl (C=O) groups excluding carboxylic acids is 1. The molecule has 4 nitrogen and oxygen atoms in total. The van der Waals surface area contributed by atoms with Crippen molar-refractivity contribution in [3.05, 3.63) is 0 Å². The van der Waals surface area contributed by atoms with Crippen molar-refractivity contribution in [2.24, 2.45) is 5.92 Å². The minimum atomic E-state index is 0.0812. The number of nitrogens with zero attached hydrogens (tertiary/aromatic N) is 2. The molecule has 0 radical (unpaired) electrons. The standard InChI is InChI=1S/C16H31N3O/c1-3-8-17-13-15-6-11-18(12-7-15)14(2)16(20)19-9-4-5-10-19/h14-15,17H,3-13H2,1-2H3. The van der Waals surface area contributed by atoms with Crippen LogP contribution < -0.4 is 5.32 Å². The molecule has 0 aromatic carbocycles. The molecule has 116 valence electrons. The maximum absolute atomic E-state index is 12.4. The Morgan fingerprint density at radius 2 is 1.85 bits per heavy atom. The summed E-state index contributed by atoms with van der Waals surface area (Å²) in [6.07, 6.45) is 6.04. The second kappa shape index (κ2) is 7.99. The lowest BCUT2D eigenvalue weighted by atomic mass is 9.95. The van der Waals surface area contributed by atoms with E-state index in [1.54, 1.807) is 0 Å². The normalized spacial score (nSPS) is 23.2. The van der Waals surface area contributed by atoms with Crippen LogP contribution >= 0.6 is 0 Å². The number of nitrogens with one attached hydrogen (secondary N) is 1. The molecule has 2 saturated heterocycles. The van der Waals surface area contributed by atoms with Gasteiger partial charge in [-0.05, 0) is 71.1 Å². The van der Waals surface area contributed by atoms with Gasteiger partial charge in [0.25, 0.3) is 0 Å². The predicted octanol–water partition coefficient (Wildman–Crippen LogP) is 1.71.